The van der Waals surface area contributed by atoms with Gasteiger partial charge in [0.05, 0.1) is 22.1 Å². The first-order valence-corrected chi connectivity index (χ1v) is 24.9. The summed E-state index contributed by atoms with van der Waals surface area (Å²) < 4.78 is 4.43. The Bertz CT molecular complexity index is 4360. The first kappa shape index (κ1) is 42.8. The van der Waals surface area contributed by atoms with Crippen molar-refractivity contribution in [1.82, 2.24) is 29.1 Å². The predicted octanol–water partition coefficient (Wildman–Crippen LogP) is 17.1. The molecule has 0 aliphatic carbocycles. The Labute approximate surface area is 427 Å². The molecule has 0 saturated heterocycles. The topological polar surface area (TPSA) is 61.4 Å². The molecule has 14 aromatic rings. The number of fused-ring (bicyclic) bond motifs is 4. The van der Waals surface area contributed by atoms with E-state index in [-0.39, 0.29) is 0 Å². The fourth-order valence-corrected chi connectivity index (χ4v) is 10.8. The van der Waals surface area contributed by atoms with Gasteiger partial charge in [-0.25, -0.2) is 9.97 Å². The quantitative estimate of drug-likeness (QED) is 0.135. The molecular weight excluding hydrogens is 901 g/mol. The van der Waals surface area contributed by atoms with Crippen molar-refractivity contribution in [2.24, 2.45) is 0 Å². The van der Waals surface area contributed by atoms with Gasteiger partial charge in [0, 0.05) is 35.5 Å². The van der Waals surface area contributed by atoms with Gasteiger partial charge in [-0.3, -0.25) is 19.1 Å². The number of nitrogens with zero attached hydrogens (tertiary/aromatic N) is 6. The maximum absolute atomic E-state index is 5.27. The summed E-state index contributed by atoms with van der Waals surface area (Å²) in [6.07, 6.45) is 5.51. The average Bonchev–Trinajstić information content (AvgIpc) is 4.07. The van der Waals surface area contributed by atoms with Crippen LogP contribution in [0.5, 0.6) is 0 Å². The van der Waals surface area contributed by atoms with Crippen LogP contribution in [0.2, 0.25) is 0 Å². The van der Waals surface area contributed by atoms with Crippen LogP contribution in [0.4, 0.5) is 0 Å². The third kappa shape index (κ3) is 7.44. The summed E-state index contributed by atoms with van der Waals surface area (Å²) in [6.45, 7) is 0. The van der Waals surface area contributed by atoms with Crippen LogP contribution in [0.1, 0.15) is 0 Å². The standard InChI is InChI=1S/C68H44N6/c1-5-16-47(17-6-1)65-57-35-31-50(52-33-37-63-61(43-52)71-67(53-20-15-38-69-44-53)73(63)54-21-9-3-10-22-54)41-59(57)66(48-18-7-2-8-19-48)56-34-30-49(40-58(56)65)45-26-28-46(29-27-45)51-32-36-64-62(42-51)72-68(60-25-13-14-39-70-60)74(64)55-23-11-4-12-24-55/h1-44H. The van der Waals surface area contributed by atoms with Gasteiger partial charge < -0.3 is 0 Å². The Morgan fingerprint density at radius 2 is 0.716 bits per heavy atom. The van der Waals surface area contributed by atoms with E-state index in [1.807, 2.05) is 48.8 Å². The molecule has 0 radical (unpaired) electrons. The highest BCUT2D eigenvalue weighted by Gasteiger charge is 2.21. The lowest BCUT2D eigenvalue weighted by atomic mass is 9.84. The second-order valence-corrected chi connectivity index (χ2v) is 18.7. The number of para-hydroxylation sites is 2. The van der Waals surface area contributed by atoms with Crippen molar-refractivity contribution in [1.29, 1.82) is 0 Å². The van der Waals surface area contributed by atoms with Gasteiger partial charge in [-0.15, -0.1) is 0 Å². The second kappa shape index (κ2) is 18.0. The third-order valence-electron chi connectivity index (χ3n) is 14.3. The van der Waals surface area contributed by atoms with Crippen molar-refractivity contribution in [3.05, 3.63) is 267 Å². The smallest absolute Gasteiger partial charge is 0.164 e. The maximum Gasteiger partial charge on any atom is 0.164 e. The average molecular weight is 945 g/mol. The van der Waals surface area contributed by atoms with Crippen LogP contribution in [0.3, 0.4) is 0 Å². The molecule has 346 valence electrons. The summed E-state index contributed by atoms with van der Waals surface area (Å²) in [5.74, 6) is 1.67. The summed E-state index contributed by atoms with van der Waals surface area (Å²) >= 11 is 0. The molecule has 6 heteroatoms. The first-order chi connectivity index (χ1) is 36.7. The molecule has 74 heavy (non-hydrogen) atoms. The highest BCUT2D eigenvalue weighted by Crippen LogP contribution is 2.46. The van der Waals surface area contributed by atoms with E-state index in [4.69, 9.17) is 9.97 Å². The fraction of sp³-hybridized carbons (Fsp3) is 0. The van der Waals surface area contributed by atoms with Crippen molar-refractivity contribution >= 4 is 43.6 Å². The summed E-state index contributed by atoms with van der Waals surface area (Å²) in [6, 6.07) is 88.7. The highest BCUT2D eigenvalue weighted by molar-refractivity contribution is 6.22. The lowest BCUT2D eigenvalue weighted by Crippen LogP contribution is -1.98. The van der Waals surface area contributed by atoms with E-state index < -0.39 is 0 Å². The van der Waals surface area contributed by atoms with Crippen LogP contribution >= 0.6 is 0 Å². The van der Waals surface area contributed by atoms with E-state index >= 15 is 0 Å². The number of benzene rings is 10. The lowest BCUT2D eigenvalue weighted by Gasteiger charge is -2.19. The second-order valence-electron chi connectivity index (χ2n) is 18.7. The number of hydrogen-bond acceptors (Lipinski definition) is 4. The number of aromatic nitrogens is 6. The van der Waals surface area contributed by atoms with Crippen LogP contribution in [0, 0.1) is 0 Å². The molecule has 0 atom stereocenters. The third-order valence-corrected chi connectivity index (χ3v) is 14.3. The van der Waals surface area contributed by atoms with Gasteiger partial charge in [-0.05, 0) is 162 Å². The zero-order chi connectivity index (χ0) is 49.0. The van der Waals surface area contributed by atoms with E-state index in [1.165, 1.54) is 43.8 Å². The fourth-order valence-electron chi connectivity index (χ4n) is 10.8. The van der Waals surface area contributed by atoms with Gasteiger partial charge in [0.15, 0.2) is 5.82 Å². The Balaban J connectivity index is 0.891. The van der Waals surface area contributed by atoms with Gasteiger partial charge in [0.25, 0.3) is 0 Å². The molecule has 4 heterocycles. The molecule has 0 bridgehead atoms. The van der Waals surface area contributed by atoms with Crippen molar-refractivity contribution in [2.75, 3.05) is 0 Å². The molecule has 0 fully saturated rings. The summed E-state index contributed by atoms with van der Waals surface area (Å²) in [4.78, 5) is 19.6. The predicted molar refractivity (Wildman–Crippen MR) is 304 cm³/mol. The largest absolute Gasteiger partial charge is 0.292 e. The Morgan fingerprint density at radius 1 is 0.284 bits per heavy atom. The minimum absolute atomic E-state index is 0.815. The number of hydrogen-bond donors (Lipinski definition) is 0. The van der Waals surface area contributed by atoms with Crippen molar-refractivity contribution in [3.8, 4) is 89.9 Å². The van der Waals surface area contributed by atoms with Gasteiger partial charge in [0.2, 0.25) is 0 Å². The SMILES string of the molecule is c1ccc(-c2c3ccc(-c4ccc5c(c4)nc(-c4cccnc4)n5-c4ccccc4)cc3c(-c3ccccc3)c3ccc(-c4ccc(-c5ccc6c(c5)nc(-c5ccccn5)n6-c5ccccc5)cc4)cc23)cc1. The van der Waals surface area contributed by atoms with E-state index in [0.717, 1.165) is 89.7 Å². The molecule has 0 unspecified atom stereocenters. The summed E-state index contributed by atoms with van der Waals surface area (Å²) in [5.41, 5.74) is 19.3. The van der Waals surface area contributed by atoms with Crippen LogP contribution in [0.25, 0.3) is 134 Å². The van der Waals surface area contributed by atoms with Gasteiger partial charge in [-0.2, -0.15) is 0 Å². The molecule has 0 N–H and O–H groups in total. The summed E-state index contributed by atoms with van der Waals surface area (Å²) in [7, 11) is 0. The highest BCUT2D eigenvalue weighted by atomic mass is 15.1. The molecule has 14 rings (SSSR count). The van der Waals surface area contributed by atoms with Crippen LogP contribution in [-0.2, 0) is 0 Å². The van der Waals surface area contributed by atoms with E-state index in [1.54, 1.807) is 6.20 Å². The number of imidazole rings is 2. The minimum Gasteiger partial charge on any atom is -0.292 e. The summed E-state index contributed by atoms with van der Waals surface area (Å²) in [5, 5.41) is 4.80. The van der Waals surface area contributed by atoms with Crippen molar-refractivity contribution in [2.45, 2.75) is 0 Å². The molecule has 4 aromatic heterocycles. The van der Waals surface area contributed by atoms with Crippen molar-refractivity contribution in [3.63, 3.8) is 0 Å². The zero-order valence-electron chi connectivity index (χ0n) is 40.1. The van der Waals surface area contributed by atoms with Gasteiger partial charge in [-0.1, -0.05) is 164 Å². The molecule has 0 aliphatic rings. The molecule has 6 nitrogen and oxygen atoms in total. The Kier molecular flexibility index (Phi) is 10.4. The molecule has 0 amide bonds. The van der Waals surface area contributed by atoms with Gasteiger partial charge in [0.1, 0.15) is 11.5 Å². The molecule has 0 saturated carbocycles. The van der Waals surface area contributed by atoms with E-state index in [2.05, 4.69) is 231 Å². The van der Waals surface area contributed by atoms with Crippen LogP contribution in [0.15, 0.2) is 267 Å². The molecule has 10 aromatic carbocycles. The number of pyridine rings is 2. The monoisotopic (exact) mass is 944 g/mol. The molecular formula is C68H44N6. The van der Waals surface area contributed by atoms with Crippen LogP contribution < -0.4 is 0 Å². The van der Waals surface area contributed by atoms with E-state index in [9.17, 15) is 0 Å². The Morgan fingerprint density at radius 3 is 1.23 bits per heavy atom. The lowest BCUT2D eigenvalue weighted by molar-refractivity contribution is 1.08. The maximum atomic E-state index is 5.27. The number of rotatable bonds is 9. The Hall–Kier alpha value is -10.0. The van der Waals surface area contributed by atoms with Gasteiger partial charge >= 0.3 is 0 Å². The molecule has 0 aliphatic heterocycles. The molecule has 0 spiro atoms. The first-order valence-electron chi connectivity index (χ1n) is 24.9. The van der Waals surface area contributed by atoms with Crippen LogP contribution in [-0.4, -0.2) is 29.1 Å². The zero-order valence-corrected chi connectivity index (χ0v) is 40.1. The van der Waals surface area contributed by atoms with E-state index in [0.29, 0.717) is 0 Å². The minimum atomic E-state index is 0.815. The van der Waals surface area contributed by atoms with Crippen molar-refractivity contribution < 1.29 is 0 Å². The normalized spacial score (nSPS) is 11.5.